The first-order chi connectivity index (χ1) is 7.91. The van der Waals surface area contributed by atoms with Crippen LogP contribution < -0.4 is 5.73 Å². The van der Waals surface area contributed by atoms with Gasteiger partial charge >= 0.3 is 0 Å². The normalized spacial score (nSPS) is 10.5. The second kappa shape index (κ2) is 5.40. The predicted molar refractivity (Wildman–Crippen MR) is 63.4 cm³/mol. The van der Waals surface area contributed by atoms with Crippen molar-refractivity contribution < 1.29 is 9.18 Å². The molecule has 0 unspecified atom stereocenters. The lowest BCUT2D eigenvalue weighted by Crippen LogP contribution is -2.35. The van der Waals surface area contributed by atoms with Crippen molar-refractivity contribution in [2.24, 2.45) is 10.8 Å². The van der Waals surface area contributed by atoms with Gasteiger partial charge in [-0.25, -0.2) is 4.39 Å². The highest BCUT2D eigenvalue weighted by Crippen LogP contribution is 2.13. The summed E-state index contributed by atoms with van der Waals surface area (Å²) in [6.07, 6.45) is 1.09. The van der Waals surface area contributed by atoms with Crippen LogP contribution in [0.5, 0.6) is 0 Å². The van der Waals surface area contributed by atoms with Crippen LogP contribution in [0.1, 0.15) is 12.5 Å². The summed E-state index contributed by atoms with van der Waals surface area (Å²) in [6.45, 7) is 1.19. The van der Waals surface area contributed by atoms with Crippen molar-refractivity contribution >= 4 is 29.7 Å². The molecule has 0 aliphatic heterocycles. The molecule has 1 aromatic carbocycles. The molecule has 1 amide bonds. The van der Waals surface area contributed by atoms with Crippen LogP contribution in [0.2, 0.25) is 5.02 Å². The Kier molecular flexibility index (Phi) is 4.17. The molecule has 1 aromatic rings. The number of guanidine groups is 1. The van der Waals surface area contributed by atoms with E-state index in [0.717, 1.165) is 12.3 Å². The van der Waals surface area contributed by atoms with E-state index in [9.17, 15) is 9.18 Å². The molecule has 0 heterocycles. The van der Waals surface area contributed by atoms with Crippen LogP contribution in [0.25, 0.3) is 0 Å². The van der Waals surface area contributed by atoms with E-state index in [1.807, 2.05) is 0 Å². The maximum Gasteiger partial charge on any atom is 0.246 e. The lowest BCUT2D eigenvalue weighted by atomic mass is 10.2. The number of benzene rings is 1. The van der Waals surface area contributed by atoms with E-state index in [4.69, 9.17) is 22.7 Å². The van der Waals surface area contributed by atoms with Crippen LogP contribution in [-0.2, 0) is 4.79 Å². The van der Waals surface area contributed by atoms with Crippen molar-refractivity contribution in [1.29, 1.82) is 5.41 Å². The number of carbonyl (C=O) groups excluding carboxylic acids is 1. The molecule has 0 fully saturated rings. The topological polar surface area (TPSA) is 82.5 Å². The second-order valence-corrected chi connectivity index (χ2v) is 3.56. The molecule has 5 nitrogen and oxygen atoms in total. The molecule has 3 N–H and O–H groups in total. The molecule has 0 aliphatic carbocycles. The highest BCUT2D eigenvalue weighted by molar-refractivity contribution is 6.30. The van der Waals surface area contributed by atoms with Gasteiger partial charge in [-0.2, -0.15) is 10.1 Å². The quantitative estimate of drug-likeness (QED) is 0.478. The maximum atomic E-state index is 13.3. The minimum Gasteiger partial charge on any atom is -0.368 e. The van der Waals surface area contributed by atoms with Crippen molar-refractivity contribution in [3.63, 3.8) is 0 Å². The van der Waals surface area contributed by atoms with Crippen molar-refractivity contribution in [2.75, 3.05) is 0 Å². The average molecular weight is 257 g/mol. The van der Waals surface area contributed by atoms with Crippen LogP contribution in [-0.4, -0.2) is 23.1 Å². The summed E-state index contributed by atoms with van der Waals surface area (Å²) < 4.78 is 13.3. The Bertz CT molecular complexity index is 475. The molecule has 0 aromatic heterocycles. The number of amides is 1. The summed E-state index contributed by atoms with van der Waals surface area (Å²) >= 11 is 5.58. The van der Waals surface area contributed by atoms with Gasteiger partial charge in [-0.15, -0.1) is 0 Å². The number of nitrogens with two attached hydrogens (primary N) is 1. The number of carbonyl (C=O) groups is 1. The van der Waals surface area contributed by atoms with E-state index >= 15 is 0 Å². The number of rotatable bonds is 2. The third-order valence-electron chi connectivity index (χ3n) is 1.80. The molecule has 1 rings (SSSR count). The summed E-state index contributed by atoms with van der Waals surface area (Å²) in [4.78, 5) is 11.0. The zero-order valence-corrected chi connectivity index (χ0v) is 9.70. The smallest absolute Gasteiger partial charge is 0.246 e. The molecule has 0 saturated heterocycles. The van der Waals surface area contributed by atoms with Crippen LogP contribution in [0.15, 0.2) is 23.3 Å². The Labute approximate surface area is 102 Å². The highest BCUT2D eigenvalue weighted by Gasteiger charge is 2.09. The zero-order chi connectivity index (χ0) is 13.0. The van der Waals surface area contributed by atoms with E-state index < -0.39 is 17.7 Å². The molecule has 17 heavy (non-hydrogen) atoms. The molecule has 0 bridgehead atoms. The number of nitrogens with one attached hydrogen (secondary N) is 1. The number of hydrogen-bond acceptors (Lipinski definition) is 3. The monoisotopic (exact) mass is 256 g/mol. The molecule has 7 heteroatoms. The summed E-state index contributed by atoms with van der Waals surface area (Å²) in [5.74, 6) is -1.65. The number of hydrazone groups is 1. The number of nitrogens with zero attached hydrogens (tertiary/aromatic N) is 2. The van der Waals surface area contributed by atoms with Gasteiger partial charge in [-0.05, 0) is 18.2 Å². The fourth-order valence-corrected chi connectivity index (χ4v) is 1.20. The molecule has 90 valence electrons. The lowest BCUT2D eigenvalue weighted by molar-refractivity contribution is -0.125. The summed E-state index contributed by atoms with van der Waals surface area (Å²) in [5.41, 5.74) is 5.26. The summed E-state index contributed by atoms with van der Waals surface area (Å²) in [5, 5.41) is 11.6. The number of halogens is 2. The number of hydrogen-bond donors (Lipinski definition) is 2. The Morgan fingerprint density at radius 3 is 2.76 bits per heavy atom. The van der Waals surface area contributed by atoms with Gasteiger partial charge in [0.15, 0.2) is 0 Å². The van der Waals surface area contributed by atoms with Gasteiger partial charge in [0.25, 0.3) is 0 Å². The first-order valence-electron chi connectivity index (χ1n) is 4.55. The Hall–Kier alpha value is -1.95. The van der Waals surface area contributed by atoms with Crippen molar-refractivity contribution in [3.05, 3.63) is 34.6 Å². The third-order valence-corrected chi connectivity index (χ3v) is 2.04. The van der Waals surface area contributed by atoms with Gasteiger partial charge in [-0.3, -0.25) is 10.2 Å². The molecule has 0 spiro atoms. The second-order valence-electron chi connectivity index (χ2n) is 3.13. The molecule has 0 radical (unpaired) electrons. The first-order valence-corrected chi connectivity index (χ1v) is 4.93. The molecular weight excluding hydrogens is 247 g/mol. The third kappa shape index (κ3) is 3.53. The minimum absolute atomic E-state index is 0.141. The summed E-state index contributed by atoms with van der Waals surface area (Å²) in [6, 6.07) is 4.01. The molecule has 0 saturated carbocycles. The van der Waals surface area contributed by atoms with Crippen LogP contribution in [0.3, 0.4) is 0 Å². The van der Waals surface area contributed by atoms with Gasteiger partial charge in [0.1, 0.15) is 5.82 Å². The van der Waals surface area contributed by atoms with Crippen LogP contribution in [0, 0.1) is 11.2 Å². The predicted octanol–water partition coefficient (Wildman–Crippen LogP) is 1.55. The average Bonchev–Trinajstić information content (AvgIpc) is 2.20. The minimum atomic E-state index is -0.576. The van der Waals surface area contributed by atoms with Crippen LogP contribution in [0.4, 0.5) is 4.39 Å². The maximum absolute atomic E-state index is 13.3. The largest absolute Gasteiger partial charge is 0.368 e. The SMILES string of the molecule is CC(=O)N(/N=C/c1ccc(Cl)cc1F)C(=N)N. The Balaban J connectivity index is 2.96. The molecule has 0 aliphatic rings. The van der Waals surface area contributed by atoms with Crippen LogP contribution >= 0.6 is 11.6 Å². The van der Waals surface area contributed by atoms with Gasteiger partial charge < -0.3 is 5.73 Å². The van der Waals surface area contributed by atoms with Gasteiger partial charge in [0.05, 0.1) is 6.21 Å². The van der Waals surface area contributed by atoms with Crippen molar-refractivity contribution in [3.8, 4) is 0 Å². The Morgan fingerprint density at radius 1 is 1.65 bits per heavy atom. The van der Waals surface area contributed by atoms with E-state index in [2.05, 4.69) is 5.10 Å². The van der Waals surface area contributed by atoms with E-state index in [1.54, 1.807) is 0 Å². The summed E-state index contributed by atoms with van der Waals surface area (Å²) in [7, 11) is 0. The standard InChI is InChI=1S/C10H10ClFN4O/c1-6(17)16(10(13)14)15-5-7-2-3-8(11)4-9(7)12/h2-5H,1H3,(H3,13,14)/b15-5+. The van der Waals surface area contributed by atoms with Crippen molar-refractivity contribution in [1.82, 2.24) is 5.01 Å². The fourth-order valence-electron chi connectivity index (χ4n) is 1.04. The van der Waals surface area contributed by atoms with Crippen molar-refractivity contribution in [2.45, 2.75) is 6.92 Å². The Morgan fingerprint density at radius 2 is 2.29 bits per heavy atom. The highest BCUT2D eigenvalue weighted by atomic mass is 35.5. The van der Waals surface area contributed by atoms with Gasteiger partial charge in [0.2, 0.25) is 11.9 Å². The van der Waals surface area contributed by atoms with Gasteiger partial charge in [-0.1, -0.05) is 11.6 Å². The first kappa shape index (κ1) is 13.1. The van der Waals surface area contributed by atoms with Gasteiger partial charge in [0, 0.05) is 17.5 Å². The fraction of sp³-hybridized carbons (Fsp3) is 0.100. The lowest BCUT2D eigenvalue weighted by Gasteiger charge is -2.11. The molecule has 0 atom stereocenters. The molecular formula is C10H10ClFN4O. The van der Waals surface area contributed by atoms with E-state index in [1.165, 1.54) is 19.1 Å². The van der Waals surface area contributed by atoms with E-state index in [-0.39, 0.29) is 10.6 Å². The zero-order valence-electron chi connectivity index (χ0n) is 8.95. The van der Waals surface area contributed by atoms with E-state index in [0.29, 0.717) is 5.01 Å².